The zero-order valence-electron chi connectivity index (χ0n) is 17.5. The third-order valence-corrected chi connectivity index (χ3v) is 6.38. The van der Waals surface area contributed by atoms with Crippen molar-refractivity contribution in [1.29, 1.82) is 0 Å². The second-order valence-corrected chi connectivity index (χ2v) is 9.26. The quantitative estimate of drug-likeness (QED) is 0.729. The van der Waals surface area contributed by atoms with Crippen molar-refractivity contribution in [2.24, 2.45) is 17.8 Å². The summed E-state index contributed by atoms with van der Waals surface area (Å²) >= 11 is 1.36. The van der Waals surface area contributed by atoms with Crippen molar-refractivity contribution in [3.05, 3.63) is 22.4 Å². The van der Waals surface area contributed by atoms with Gasteiger partial charge in [-0.15, -0.1) is 11.3 Å². The zero-order chi connectivity index (χ0) is 20.8. The van der Waals surface area contributed by atoms with Crippen molar-refractivity contribution in [2.75, 3.05) is 13.1 Å². The van der Waals surface area contributed by atoms with Gasteiger partial charge in [-0.05, 0) is 43.0 Å². The van der Waals surface area contributed by atoms with Crippen molar-refractivity contribution in [2.45, 2.75) is 59.5 Å². The van der Waals surface area contributed by atoms with Crippen molar-refractivity contribution in [3.63, 3.8) is 0 Å². The Balaban J connectivity index is 1.91. The molecule has 0 radical (unpaired) electrons. The predicted molar refractivity (Wildman–Crippen MR) is 112 cm³/mol. The van der Waals surface area contributed by atoms with Gasteiger partial charge < -0.3 is 15.5 Å². The van der Waals surface area contributed by atoms with Crippen LogP contribution in [-0.4, -0.2) is 47.8 Å². The van der Waals surface area contributed by atoms with Gasteiger partial charge >= 0.3 is 0 Å². The zero-order valence-corrected chi connectivity index (χ0v) is 18.3. The van der Waals surface area contributed by atoms with Crippen LogP contribution in [-0.2, 0) is 9.59 Å². The van der Waals surface area contributed by atoms with E-state index in [1.807, 2.05) is 32.2 Å². The highest BCUT2D eigenvalue weighted by molar-refractivity contribution is 7.12. The Morgan fingerprint density at radius 2 is 1.68 bits per heavy atom. The normalized spacial score (nSPS) is 17.5. The van der Waals surface area contributed by atoms with Crippen molar-refractivity contribution < 1.29 is 14.4 Å². The number of hydrogen-bond acceptors (Lipinski definition) is 4. The SMILES string of the molecule is CC(C)C(C)NC(=O)C1CCN(C(=O)C(NC(=O)c2cccs2)C(C)C)CC1. The maximum Gasteiger partial charge on any atom is 0.262 e. The van der Waals surface area contributed by atoms with E-state index in [9.17, 15) is 14.4 Å². The lowest BCUT2D eigenvalue weighted by atomic mass is 9.93. The average molecular weight is 408 g/mol. The Kier molecular flexibility index (Phi) is 8.04. The van der Waals surface area contributed by atoms with E-state index in [0.29, 0.717) is 36.7 Å². The minimum absolute atomic E-state index is 0.00988. The summed E-state index contributed by atoms with van der Waals surface area (Å²) < 4.78 is 0. The van der Waals surface area contributed by atoms with Gasteiger partial charge in [-0.3, -0.25) is 14.4 Å². The molecule has 3 amide bonds. The van der Waals surface area contributed by atoms with Crippen LogP contribution in [0.4, 0.5) is 0 Å². The summed E-state index contributed by atoms with van der Waals surface area (Å²) in [7, 11) is 0. The van der Waals surface area contributed by atoms with E-state index in [-0.39, 0.29) is 35.6 Å². The van der Waals surface area contributed by atoms with Gasteiger partial charge in [0.25, 0.3) is 5.91 Å². The average Bonchev–Trinajstić information content (AvgIpc) is 3.20. The van der Waals surface area contributed by atoms with Gasteiger partial charge in [0, 0.05) is 25.0 Å². The molecule has 1 aliphatic heterocycles. The maximum atomic E-state index is 13.0. The molecule has 6 nitrogen and oxygen atoms in total. The van der Waals surface area contributed by atoms with Crippen LogP contribution in [0.3, 0.4) is 0 Å². The van der Waals surface area contributed by atoms with Gasteiger partial charge in [0.05, 0.1) is 4.88 Å². The number of nitrogens with one attached hydrogen (secondary N) is 2. The molecule has 2 rings (SSSR count). The second-order valence-electron chi connectivity index (χ2n) is 8.31. The Morgan fingerprint density at radius 3 is 2.18 bits per heavy atom. The molecule has 1 aromatic rings. The van der Waals surface area contributed by atoms with Gasteiger partial charge in [0.1, 0.15) is 6.04 Å². The topological polar surface area (TPSA) is 78.5 Å². The fourth-order valence-electron chi connectivity index (χ4n) is 3.20. The molecule has 0 spiro atoms. The van der Waals surface area contributed by atoms with Crippen LogP contribution >= 0.6 is 11.3 Å². The molecule has 28 heavy (non-hydrogen) atoms. The molecule has 0 bridgehead atoms. The number of rotatable bonds is 7. The molecule has 0 aliphatic carbocycles. The maximum absolute atomic E-state index is 13.0. The third kappa shape index (κ3) is 5.80. The van der Waals surface area contributed by atoms with Crippen LogP contribution in [0.1, 0.15) is 57.1 Å². The largest absolute Gasteiger partial charge is 0.353 e. The first kappa shape index (κ1) is 22.4. The molecular formula is C21H33N3O3S. The highest BCUT2D eigenvalue weighted by Gasteiger charge is 2.33. The molecule has 1 fully saturated rings. The smallest absolute Gasteiger partial charge is 0.262 e. The summed E-state index contributed by atoms with van der Waals surface area (Å²) in [6.45, 7) is 11.2. The van der Waals surface area contributed by atoms with Crippen LogP contribution in [0.25, 0.3) is 0 Å². The first-order chi connectivity index (χ1) is 13.2. The standard InChI is InChI=1S/C21H33N3O3S/c1-13(2)15(5)22-19(25)16-8-10-24(11-9-16)21(27)18(14(3)4)23-20(26)17-7-6-12-28-17/h6-7,12-16,18H,8-11H2,1-5H3,(H,22,25)(H,23,26). The lowest BCUT2D eigenvalue weighted by Gasteiger charge is -2.35. The molecule has 0 aromatic carbocycles. The van der Waals surface area contributed by atoms with Crippen molar-refractivity contribution >= 4 is 29.1 Å². The number of thiophene rings is 1. The van der Waals surface area contributed by atoms with Crippen LogP contribution in [0, 0.1) is 17.8 Å². The number of piperidine rings is 1. The van der Waals surface area contributed by atoms with Crippen molar-refractivity contribution in [3.8, 4) is 0 Å². The Morgan fingerprint density at radius 1 is 1.04 bits per heavy atom. The molecule has 1 aliphatic rings. The van der Waals surface area contributed by atoms with E-state index >= 15 is 0 Å². The summed E-state index contributed by atoms with van der Waals surface area (Å²) in [5, 5.41) is 7.81. The number of hydrogen-bond donors (Lipinski definition) is 2. The number of nitrogens with zero attached hydrogens (tertiary/aromatic N) is 1. The summed E-state index contributed by atoms with van der Waals surface area (Å²) in [4.78, 5) is 40.2. The first-order valence-corrected chi connectivity index (χ1v) is 11.0. The van der Waals surface area contributed by atoms with E-state index in [0.717, 1.165) is 0 Å². The molecule has 2 atom stereocenters. The molecule has 1 aromatic heterocycles. The third-order valence-electron chi connectivity index (χ3n) is 5.51. The molecule has 2 heterocycles. The Labute approximate surface area is 172 Å². The van der Waals surface area contributed by atoms with Crippen LogP contribution in [0.5, 0.6) is 0 Å². The van der Waals surface area contributed by atoms with Crippen LogP contribution < -0.4 is 10.6 Å². The lowest BCUT2D eigenvalue weighted by molar-refractivity contribution is -0.138. The molecule has 2 N–H and O–H groups in total. The van der Waals surface area contributed by atoms with Crippen LogP contribution in [0.15, 0.2) is 17.5 Å². The minimum atomic E-state index is -0.555. The highest BCUT2D eigenvalue weighted by Crippen LogP contribution is 2.20. The van der Waals surface area contributed by atoms with E-state index in [4.69, 9.17) is 0 Å². The number of carbonyl (C=O) groups excluding carboxylic acids is 3. The minimum Gasteiger partial charge on any atom is -0.353 e. The van der Waals surface area contributed by atoms with Crippen molar-refractivity contribution in [1.82, 2.24) is 15.5 Å². The fourth-order valence-corrected chi connectivity index (χ4v) is 3.83. The molecule has 2 unspecified atom stereocenters. The Hall–Kier alpha value is -1.89. The van der Waals surface area contributed by atoms with Gasteiger partial charge in [0.15, 0.2) is 0 Å². The predicted octanol–water partition coefficient (Wildman–Crippen LogP) is 2.90. The molecule has 1 saturated heterocycles. The second kappa shape index (κ2) is 10.0. The molecule has 156 valence electrons. The van der Waals surface area contributed by atoms with Crippen LogP contribution in [0.2, 0.25) is 0 Å². The number of carbonyl (C=O) groups is 3. The Bertz CT molecular complexity index is 664. The summed E-state index contributed by atoms with van der Waals surface area (Å²) in [5.74, 6) is 0.144. The molecular weight excluding hydrogens is 374 g/mol. The first-order valence-electron chi connectivity index (χ1n) is 10.1. The summed E-state index contributed by atoms with van der Waals surface area (Å²) in [6.07, 6.45) is 1.32. The summed E-state index contributed by atoms with van der Waals surface area (Å²) in [5.41, 5.74) is 0. The monoisotopic (exact) mass is 407 g/mol. The van der Waals surface area contributed by atoms with E-state index in [1.165, 1.54) is 11.3 Å². The van der Waals surface area contributed by atoms with Gasteiger partial charge in [0.2, 0.25) is 11.8 Å². The van der Waals surface area contributed by atoms with Gasteiger partial charge in [-0.2, -0.15) is 0 Å². The summed E-state index contributed by atoms with van der Waals surface area (Å²) in [6, 6.07) is 3.16. The van der Waals surface area contributed by atoms with Gasteiger partial charge in [-0.1, -0.05) is 33.8 Å². The number of amides is 3. The lowest BCUT2D eigenvalue weighted by Crippen LogP contribution is -2.54. The van der Waals surface area contributed by atoms with E-state index in [2.05, 4.69) is 24.5 Å². The van der Waals surface area contributed by atoms with Gasteiger partial charge in [-0.25, -0.2) is 0 Å². The fraction of sp³-hybridized carbons (Fsp3) is 0.667. The van der Waals surface area contributed by atoms with E-state index < -0.39 is 6.04 Å². The number of likely N-dealkylation sites (tertiary alicyclic amines) is 1. The molecule has 7 heteroatoms. The molecule has 0 saturated carbocycles. The highest BCUT2D eigenvalue weighted by atomic mass is 32.1. The van der Waals surface area contributed by atoms with E-state index in [1.54, 1.807) is 11.0 Å².